The molecule has 0 atom stereocenters. The van der Waals surface area contributed by atoms with E-state index in [9.17, 15) is 4.79 Å². The molecule has 14 heavy (non-hydrogen) atoms. The molecular weight excluding hydrogens is 246 g/mol. The van der Waals surface area contributed by atoms with Crippen LogP contribution in [0.3, 0.4) is 0 Å². The second-order valence-corrected chi connectivity index (χ2v) is 3.74. The summed E-state index contributed by atoms with van der Waals surface area (Å²) in [4.78, 5) is 10.4. The van der Waals surface area contributed by atoms with Crippen molar-refractivity contribution in [1.82, 2.24) is 0 Å². The van der Waals surface area contributed by atoms with Gasteiger partial charge in [0.25, 0.3) is 0 Å². The molecule has 5 heteroatoms. The first kappa shape index (κ1) is 11.6. The first-order valence-corrected chi connectivity index (χ1v) is 5.00. The van der Waals surface area contributed by atoms with Crippen LogP contribution in [-0.2, 0) is 4.79 Å². The second-order valence-electron chi connectivity index (χ2n) is 2.50. The van der Waals surface area contributed by atoms with Crippen LogP contribution in [0.1, 0.15) is 6.42 Å². The van der Waals surface area contributed by atoms with Gasteiger partial charge in [-0.1, -0.05) is 29.3 Å². The summed E-state index contributed by atoms with van der Waals surface area (Å²) in [7, 11) is 0. The van der Waals surface area contributed by atoms with Crippen LogP contribution in [0.25, 0.3) is 0 Å². The number of para-hydroxylation sites is 1. The van der Waals surface area contributed by atoms with Crippen LogP contribution in [0.15, 0.2) is 18.2 Å². The van der Waals surface area contributed by atoms with Gasteiger partial charge in [-0.15, -0.1) is 0 Å². The van der Waals surface area contributed by atoms with Gasteiger partial charge in [-0.2, -0.15) is 0 Å². The summed E-state index contributed by atoms with van der Waals surface area (Å²) in [5.74, 6) is 0.383. The predicted molar refractivity (Wildman–Crippen MR) is 57.4 cm³/mol. The third-order valence-electron chi connectivity index (χ3n) is 1.46. The minimum Gasteiger partial charge on any atom is -0.490 e. The Hall–Kier alpha value is -0.440. The maximum absolute atomic E-state index is 10.4. The first-order valence-electron chi connectivity index (χ1n) is 3.86. The Morgan fingerprint density at radius 3 is 2.36 bits per heavy atom. The third-order valence-corrected chi connectivity index (χ3v) is 2.25. The van der Waals surface area contributed by atoms with Gasteiger partial charge in [0.1, 0.15) is 0 Å². The number of rotatable bonds is 4. The highest BCUT2D eigenvalue weighted by Crippen LogP contribution is 2.32. The molecular formula is C9H7Cl3O2. The number of ether oxygens (including phenoxy) is 1. The number of halogens is 3. The van der Waals surface area contributed by atoms with Gasteiger partial charge < -0.3 is 4.74 Å². The number of carbonyl (C=O) groups is 1. The van der Waals surface area contributed by atoms with E-state index in [0.29, 0.717) is 15.8 Å². The summed E-state index contributed by atoms with van der Waals surface area (Å²) in [5, 5.41) is 0.382. The first-order chi connectivity index (χ1) is 6.61. The molecule has 1 rings (SSSR count). The molecule has 0 N–H and O–H groups in total. The molecule has 0 fully saturated rings. The minimum absolute atomic E-state index is 0.128. The summed E-state index contributed by atoms with van der Waals surface area (Å²) in [6.45, 7) is 0.172. The number of hydrogen-bond acceptors (Lipinski definition) is 2. The molecule has 1 aromatic carbocycles. The average molecular weight is 254 g/mol. The second kappa shape index (κ2) is 5.44. The van der Waals surface area contributed by atoms with E-state index in [1.54, 1.807) is 18.2 Å². The maximum atomic E-state index is 10.4. The topological polar surface area (TPSA) is 26.3 Å². The van der Waals surface area contributed by atoms with Crippen LogP contribution in [0, 0.1) is 0 Å². The lowest BCUT2D eigenvalue weighted by molar-refractivity contribution is -0.112. The lowest BCUT2D eigenvalue weighted by Crippen LogP contribution is -2.01. The molecule has 0 aromatic heterocycles. The average Bonchev–Trinajstić information content (AvgIpc) is 2.09. The molecule has 76 valence electrons. The molecule has 0 spiro atoms. The van der Waals surface area contributed by atoms with E-state index in [4.69, 9.17) is 39.5 Å². The van der Waals surface area contributed by atoms with Crippen molar-refractivity contribution in [3.8, 4) is 5.75 Å². The van der Waals surface area contributed by atoms with Crippen molar-refractivity contribution in [1.29, 1.82) is 0 Å². The number of hydrogen-bond donors (Lipinski definition) is 0. The van der Waals surface area contributed by atoms with Crippen molar-refractivity contribution >= 4 is 40.0 Å². The largest absolute Gasteiger partial charge is 0.490 e. The Morgan fingerprint density at radius 1 is 1.29 bits per heavy atom. The highest BCUT2D eigenvalue weighted by Gasteiger charge is 2.06. The van der Waals surface area contributed by atoms with Crippen LogP contribution in [0.4, 0.5) is 0 Å². The third kappa shape index (κ3) is 3.37. The lowest BCUT2D eigenvalue weighted by atomic mass is 10.3. The van der Waals surface area contributed by atoms with Gasteiger partial charge in [-0.3, -0.25) is 4.79 Å². The summed E-state index contributed by atoms with van der Waals surface area (Å²) >= 11 is 16.8. The van der Waals surface area contributed by atoms with Crippen LogP contribution in [0.5, 0.6) is 5.75 Å². The van der Waals surface area contributed by atoms with Crippen LogP contribution in [-0.4, -0.2) is 11.8 Å². The van der Waals surface area contributed by atoms with Crippen molar-refractivity contribution in [2.45, 2.75) is 6.42 Å². The SMILES string of the molecule is O=C(Cl)CCOc1c(Cl)cccc1Cl. The Bertz CT molecular complexity index is 319. The molecule has 0 unspecified atom stereocenters. The van der Waals surface area contributed by atoms with E-state index < -0.39 is 5.24 Å². The van der Waals surface area contributed by atoms with Gasteiger partial charge in [0, 0.05) is 0 Å². The highest BCUT2D eigenvalue weighted by molar-refractivity contribution is 6.63. The molecule has 0 aliphatic carbocycles. The summed E-state index contributed by atoms with van der Waals surface area (Å²) < 4.78 is 5.21. The van der Waals surface area contributed by atoms with Crippen molar-refractivity contribution < 1.29 is 9.53 Å². The normalized spacial score (nSPS) is 9.93. The molecule has 0 aliphatic rings. The van der Waals surface area contributed by atoms with Crippen LogP contribution < -0.4 is 4.74 Å². The molecule has 0 saturated heterocycles. The number of carbonyl (C=O) groups excluding carboxylic acids is 1. The summed E-state index contributed by atoms with van der Waals surface area (Å²) in [6.07, 6.45) is 0.128. The van der Waals surface area contributed by atoms with Crippen molar-refractivity contribution in [3.05, 3.63) is 28.2 Å². The van der Waals surface area contributed by atoms with Gasteiger partial charge >= 0.3 is 0 Å². The van der Waals surface area contributed by atoms with E-state index in [-0.39, 0.29) is 13.0 Å². The molecule has 0 aliphatic heterocycles. The van der Waals surface area contributed by atoms with E-state index >= 15 is 0 Å². The van der Waals surface area contributed by atoms with Gasteiger partial charge in [0.2, 0.25) is 5.24 Å². The molecule has 0 saturated carbocycles. The number of benzene rings is 1. The van der Waals surface area contributed by atoms with E-state index in [1.807, 2.05) is 0 Å². The molecule has 0 radical (unpaired) electrons. The molecule has 0 amide bonds. The fourth-order valence-electron chi connectivity index (χ4n) is 0.854. The monoisotopic (exact) mass is 252 g/mol. The minimum atomic E-state index is -0.451. The zero-order chi connectivity index (χ0) is 10.6. The molecule has 0 bridgehead atoms. The van der Waals surface area contributed by atoms with Gasteiger partial charge in [-0.25, -0.2) is 0 Å². The van der Waals surface area contributed by atoms with E-state index in [1.165, 1.54) is 0 Å². The van der Waals surface area contributed by atoms with Gasteiger partial charge in [0.05, 0.1) is 23.1 Å². The van der Waals surface area contributed by atoms with Crippen molar-refractivity contribution in [3.63, 3.8) is 0 Å². The Labute approximate surface area is 96.7 Å². The van der Waals surface area contributed by atoms with Crippen molar-refractivity contribution in [2.75, 3.05) is 6.61 Å². The lowest BCUT2D eigenvalue weighted by Gasteiger charge is -2.07. The van der Waals surface area contributed by atoms with Gasteiger partial charge in [0.15, 0.2) is 5.75 Å². The van der Waals surface area contributed by atoms with Gasteiger partial charge in [-0.05, 0) is 23.7 Å². The quantitative estimate of drug-likeness (QED) is 0.767. The zero-order valence-electron chi connectivity index (χ0n) is 7.10. The fourth-order valence-corrected chi connectivity index (χ4v) is 1.44. The highest BCUT2D eigenvalue weighted by atomic mass is 35.5. The van der Waals surface area contributed by atoms with E-state index in [0.717, 1.165) is 0 Å². The maximum Gasteiger partial charge on any atom is 0.225 e. The van der Waals surface area contributed by atoms with Crippen molar-refractivity contribution in [2.24, 2.45) is 0 Å². The fraction of sp³-hybridized carbons (Fsp3) is 0.222. The smallest absolute Gasteiger partial charge is 0.225 e. The Morgan fingerprint density at radius 2 is 1.86 bits per heavy atom. The standard InChI is InChI=1S/C9H7Cl3O2/c10-6-2-1-3-7(11)9(6)14-5-4-8(12)13/h1-3H,4-5H2. The van der Waals surface area contributed by atoms with Crippen LogP contribution >= 0.6 is 34.8 Å². The summed E-state index contributed by atoms with van der Waals surface area (Å²) in [6, 6.07) is 5.03. The molecule has 2 nitrogen and oxygen atoms in total. The Balaban J connectivity index is 2.62. The van der Waals surface area contributed by atoms with E-state index in [2.05, 4.69) is 0 Å². The zero-order valence-corrected chi connectivity index (χ0v) is 9.36. The predicted octanol–water partition coefficient (Wildman–Crippen LogP) is 3.53. The summed E-state index contributed by atoms with van der Waals surface area (Å²) in [5.41, 5.74) is 0. The Kier molecular flexibility index (Phi) is 4.52. The molecule has 1 aromatic rings. The molecule has 0 heterocycles. The van der Waals surface area contributed by atoms with Crippen LogP contribution in [0.2, 0.25) is 10.0 Å².